The van der Waals surface area contributed by atoms with Crippen LogP contribution in [0.2, 0.25) is 0 Å². The maximum Gasteiger partial charge on any atom is 0.160 e. The second-order valence-corrected chi connectivity index (χ2v) is 8.87. The number of ether oxygens (including phenoxy) is 2. The molecule has 3 N–H and O–H groups in total. The number of rotatable bonds is 7. The normalized spacial score (nSPS) is 16.6. The highest BCUT2D eigenvalue weighted by molar-refractivity contribution is 6.23. The van der Waals surface area contributed by atoms with E-state index in [0.29, 0.717) is 42.4 Å². The summed E-state index contributed by atoms with van der Waals surface area (Å²) in [5, 5.41) is 19.4. The fourth-order valence-corrected chi connectivity index (χ4v) is 4.84. The molecule has 34 heavy (non-hydrogen) atoms. The largest absolute Gasteiger partial charge is 0.510 e. The molecule has 8 nitrogen and oxygen atoms in total. The molecule has 178 valence electrons. The SMILES string of the molecule is COc1ccc(CCN2CC(O)=C(c3nc4ccc(N5CCCCC5)cc4[nH]3)C2=N)cc1OC. The second-order valence-electron chi connectivity index (χ2n) is 8.87. The Balaban J connectivity index is 1.30. The van der Waals surface area contributed by atoms with Gasteiger partial charge in [-0.05, 0) is 61.6 Å². The van der Waals surface area contributed by atoms with Crippen molar-refractivity contribution in [3.8, 4) is 11.5 Å². The lowest BCUT2D eigenvalue weighted by molar-refractivity contribution is 0.349. The molecule has 8 heteroatoms. The van der Waals surface area contributed by atoms with Gasteiger partial charge < -0.3 is 29.4 Å². The third-order valence-corrected chi connectivity index (χ3v) is 6.72. The highest BCUT2D eigenvalue weighted by Crippen LogP contribution is 2.31. The first-order valence-corrected chi connectivity index (χ1v) is 11.8. The zero-order chi connectivity index (χ0) is 23.7. The van der Waals surface area contributed by atoms with Gasteiger partial charge in [-0.15, -0.1) is 0 Å². The molecule has 0 aliphatic carbocycles. The second kappa shape index (κ2) is 9.29. The van der Waals surface area contributed by atoms with Crippen molar-refractivity contribution in [2.45, 2.75) is 25.7 Å². The minimum Gasteiger partial charge on any atom is -0.510 e. The molecule has 1 aromatic heterocycles. The molecule has 2 aliphatic rings. The number of hydrogen-bond acceptors (Lipinski definition) is 6. The molecule has 2 aromatic carbocycles. The number of fused-ring (bicyclic) bond motifs is 1. The molecule has 1 saturated heterocycles. The molecule has 0 spiro atoms. The Kier molecular flexibility index (Phi) is 6.04. The zero-order valence-electron chi connectivity index (χ0n) is 19.7. The summed E-state index contributed by atoms with van der Waals surface area (Å²) in [4.78, 5) is 12.3. The predicted molar refractivity (Wildman–Crippen MR) is 134 cm³/mol. The van der Waals surface area contributed by atoms with Crippen LogP contribution in [0, 0.1) is 5.41 Å². The van der Waals surface area contributed by atoms with Crippen molar-refractivity contribution in [1.29, 1.82) is 5.41 Å². The van der Waals surface area contributed by atoms with E-state index in [1.807, 2.05) is 29.2 Å². The third-order valence-electron chi connectivity index (χ3n) is 6.72. The molecule has 3 heterocycles. The number of nitrogens with zero attached hydrogens (tertiary/aromatic N) is 3. The highest BCUT2D eigenvalue weighted by atomic mass is 16.5. The minimum atomic E-state index is 0.174. The Hall–Kier alpha value is -3.68. The smallest absolute Gasteiger partial charge is 0.160 e. The Morgan fingerprint density at radius 3 is 2.59 bits per heavy atom. The van der Waals surface area contributed by atoms with Crippen molar-refractivity contribution >= 4 is 28.1 Å². The summed E-state index contributed by atoms with van der Waals surface area (Å²) in [5.74, 6) is 2.38. The number of aliphatic hydroxyl groups excluding tert-OH is 1. The first kappa shape index (κ1) is 22.1. The number of anilines is 1. The molecule has 0 unspecified atom stereocenters. The van der Waals surface area contributed by atoms with Crippen LogP contribution >= 0.6 is 0 Å². The van der Waals surface area contributed by atoms with Crippen molar-refractivity contribution in [2.75, 3.05) is 45.3 Å². The summed E-state index contributed by atoms with van der Waals surface area (Å²) < 4.78 is 10.7. The average molecular weight is 462 g/mol. The van der Waals surface area contributed by atoms with Gasteiger partial charge in [0.2, 0.25) is 0 Å². The summed E-state index contributed by atoms with van der Waals surface area (Å²) in [7, 11) is 3.24. The minimum absolute atomic E-state index is 0.174. The van der Waals surface area contributed by atoms with Gasteiger partial charge in [0.1, 0.15) is 17.4 Å². The van der Waals surface area contributed by atoms with Crippen LogP contribution in [0.15, 0.2) is 42.2 Å². The van der Waals surface area contributed by atoms with Gasteiger partial charge in [-0.3, -0.25) is 5.41 Å². The van der Waals surface area contributed by atoms with Crippen LogP contribution in [0.3, 0.4) is 0 Å². The van der Waals surface area contributed by atoms with E-state index in [-0.39, 0.29) is 11.6 Å². The summed E-state index contributed by atoms with van der Waals surface area (Å²) >= 11 is 0. The van der Waals surface area contributed by atoms with Crippen LogP contribution in [0.4, 0.5) is 5.69 Å². The molecular formula is C26H31N5O3. The van der Waals surface area contributed by atoms with Crippen molar-refractivity contribution in [3.05, 3.63) is 53.5 Å². The number of methoxy groups -OCH3 is 2. The molecule has 5 rings (SSSR count). The number of H-pyrrole nitrogens is 1. The molecule has 0 atom stereocenters. The van der Waals surface area contributed by atoms with Gasteiger partial charge in [-0.25, -0.2) is 4.98 Å². The van der Waals surface area contributed by atoms with E-state index in [1.165, 1.54) is 24.9 Å². The molecule has 1 fully saturated rings. The van der Waals surface area contributed by atoms with Gasteiger partial charge in [-0.1, -0.05) is 6.07 Å². The number of amidine groups is 1. The van der Waals surface area contributed by atoms with E-state index in [2.05, 4.69) is 27.0 Å². The van der Waals surface area contributed by atoms with Gasteiger partial charge in [0.15, 0.2) is 11.5 Å². The lowest BCUT2D eigenvalue weighted by atomic mass is 10.1. The van der Waals surface area contributed by atoms with E-state index in [1.54, 1.807) is 14.2 Å². The van der Waals surface area contributed by atoms with Crippen LogP contribution in [0.5, 0.6) is 11.5 Å². The molecule has 3 aromatic rings. The standard InChI is InChI=1S/C26H31N5O3/c1-33-22-9-6-17(14-23(22)34-2)10-13-31-16-21(32)24(25(31)27)26-28-19-8-7-18(15-20(19)29-26)30-11-4-3-5-12-30/h6-9,14-15,27,32H,3-5,10-13,16H2,1-2H3,(H,28,29). The maximum atomic E-state index is 10.7. The zero-order valence-corrected chi connectivity index (χ0v) is 19.7. The van der Waals surface area contributed by atoms with E-state index in [9.17, 15) is 5.11 Å². The third kappa shape index (κ3) is 4.16. The molecule has 0 saturated carbocycles. The molecule has 0 amide bonds. The number of aliphatic hydroxyl groups is 1. The van der Waals surface area contributed by atoms with E-state index < -0.39 is 0 Å². The number of benzene rings is 2. The van der Waals surface area contributed by atoms with Crippen molar-refractivity contribution in [2.24, 2.45) is 0 Å². The van der Waals surface area contributed by atoms with Gasteiger partial charge in [-0.2, -0.15) is 0 Å². The summed E-state index contributed by atoms with van der Waals surface area (Å²) in [5.41, 5.74) is 4.51. The first-order valence-electron chi connectivity index (χ1n) is 11.8. The van der Waals surface area contributed by atoms with Crippen LogP contribution in [-0.2, 0) is 6.42 Å². The number of hydrogen-bond donors (Lipinski definition) is 3. The van der Waals surface area contributed by atoms with Gasteiger partial charge in [0, 0.05) is 25.3 Å². The lowest BCUT2D eigenvalue weighted by Gasteiger charge is -2.28. The van der Waals surface area contributed by atoms with Crippen molar-refractivity contribution in [3.63, 3.8) is 0 Å². The summed E-state index contributed by atoms with van der Waals surface area (Å²) in [6.07, 6.45) is 4.46. The monoisotopic (exact) mass is 461 g/mol. The Labute approximate surface area is 199 Å². The van der Waals surface area contributed by atoms with Crippen LogP contribution in [-0.4, -0.2) is 66.2 Å². The van der Waals surface area contributed by atoms with Crippen molar-refractivity contribution < 1.29 is 14.6 Å². The predicted octanol–water partition coefficient (Wildman–Crippen LogP) is 4.38. The van der Waals surface area contributed by atoms with Crippen LogP contribution in [0.25, 0.3) is 16.6 Å². The molecule has 0 bridgehead atoms. The number of imidazole rings is 1. The maximum absolute atomic E-state index is 10.7. The topological polar surface area (TPSA) is 97.7 Å². The highest BCUT2D eigenvalue weighted by Gasteiger charge is 2.30. The number of aromatic amines is 1. The average Bonchev–Trinajstić information content (AvgIpc) is 3.41. The fraction of sp³-hybridized carbons (Fsp3) is 0.385. The summed E-state index contributed by atoms with van der Waals surface area (Å²) in [6, 6.07) is 12.1. The summed E-state index contributed by atoms with van der Waals surface area (Å²) in [6.45, 7) is 3.06. The van der Waals surface area contributed by atoms with Crippen molar-refractivity contribution in [1.82, 2.24) is 14.9 Å². The van der Waals surface area contributed by atoms with Gasteiger partial charge >= 0.3 is 0 Å². The Morgan fingerprint density at radius 1 is 1.03 bits per heavy atom. The molecule has 2 aliphatic heterocycles. The Bertz CT molecular complexity index is 1240. The number of aromatic nitrogens is 2. The number of nitrogens with one attached hydrogen (secondary N) is 2. The fourth-order valence-electron chi connectivity index (χ4n) is 4.84. The lowest BCUT2D eigenvalue weighted by Crippen LogP contribution is -2.29. The van der Waals surface area contributed by atoms with Gasteiger partial charge in [0.25, 0.3) is 0 Å². The quantitative estimate of drug-likeness (QED) is 0.483. The van der Waals surface area contributed by atoms with E-state index >= 15 is 0 Å². The Morgan fingerprint density at radius 2 is 1.82 bits per heavy atom. The van der Waals surface area contributed by atoms with Gasteiger partial charge in [0.05, 0.1) is 37.4 Å². The molecular weight excluding hydrogens is 430 g/mol. The van der Waals surface area contributed by atoms with Crippen LogP contribution < -0.4 is 14.4 Å². The van der Waals surface area contributed by atoms with E-state index in [0.717, 1.165) is 29.7 Å². The van der Waals surface area contributed by atoms with Crippen LogP contribution in [0.1, 0.15) is 30.7 Å². The van der Waals surface area contributed by atoms with E-state index in [4.69, 9.17) is 14.9 Å². The molecule has 0 radical (unpaired) electrons. The number of piperidine rings is 1. The first-order chi connectivity index (χ1) is 16.6.